The number of carbonyl (C=O) groups excluding carboxylic acids is 2. The Morgan fingerprint density at radius 2 is 2.29 bits per heavy atom. The second kappa shape index (κ2) is 11.8. The molecule has 176 valence electrons. The molecule has 13 nitrogen and oxygen atoms in total. The predicted octanol–water partition coefficient (Wildman–Crippen LogP) is -2.51. The summed E-state index contributed by atoms with van der Waals surface area (Å²) in [4.78, 5) is 48.1. The van der Waals surface area contributed by atoms with Gasteiger partial charge >= 0.3 is 35.5 Å². The summed E-state index contributed by atoms with van der Waals surface area (Å²) < 4.78 is 0. The van der Waals surface area contributed by atoms with Gasteiger partial charge < -0.3 is 22.4 Å². The molecule has 1 saturated heterocycles. The van der Waals surface area contributed by atoms with Crippen LogP contribution in [0.3, 0.4) is 0 Å². The summed E-state index contributed by atoms with van der Waals surface area (Å²) in [7, 11) is 1.28. The van der Waals surface area contributed by atoms with E-state index in [4.69, 9.17) is 10.6 Å². The van der Waals surface area contributed by atoms with Gasteiger partial charge in [0.05, 0.1) is 11.3 Å². The van der Waals surface area contributed by atoms with Crippen LogP contribution in [0.5, 0.6) is 0 Å². The molecule has 0 spiro atoms. The van der Waals surface area contributed by atoms with Crippen LogP contribution >= 0.6 is 46.6 Å². The van der Waals surface area contributed by atoms with Crippen LogP contribution in [0.1, 0.15) is 7.12 Å². The van der Waals surface area contributed by atoms with E-state index in [-0.39, 0.29) is 53.2 Å². The van der Waals surface area contributed by atoms with Gasteiger partial charge in [0.2, 0.25) is 0 Å². The number of nitrogen functional groups attached to an aromatic ring is 1. The normalized spacial score (nSPS) is 19.7. The molecule has 2 aromatic rings. The topological polar surface area (TPSA) is 189 Å². The largest absolute Gasteiger partial charge is 1.00 e. The Labute approximate surface area is 232 Å². The molecule has 2 aromatic heterocycles. The number of nitrogens with two attached hydrogens (primary N) is 1. The number of nitrogens with zero attached hydrogens (tertiary/aromatic N) is 5. The van der Waals surface area contributed by atoms with E-state index in [1.54, 1.807) is 11.6 Å². The number of oxime groups is 1. The number of thiazole rings is 1. The van der Waals surface area contributed by atoms with Crippen molar-refractivity contribution in [3.63, 3.8) is 0 Å². The molecule has 2 aliphatic heterocycles. The number of anilines is 1. The number of carboxylic acids is 1. The minimum Gasteiger partial charge on any atom is -1.00 e. The van der Waals surface area contributed by atoms with Gasteiger partial charge in [-0.2, -0.15) is 10.3 Å². The maximum Gasteiger partial charge on any atom is 1.00 e. The molecule has 2 atom stereocenters. The average molecular weight is 553 g/mol. The Morgan fingerprint density at radius 3 is 2.91 bits per heavy atom. The van der Waals surface area contributed by atoms with Crippen LogP contribution in [0.2, 0.25) is 0 Å². The van der Waals surface area contributed by atoms with Crippen molar-refractivity contribution in [3.8, 4) is 0 Å². The van der Waals surface area contributed by atoms with E-state index in [0.717, 1.165) is 11.3 Å². The van der Waals surface area contributed by atoms with Gasteiger partial charge in [0.25, 0.3) is 11.8 Å². The third-order valence-corrected chi connectivity index (χ3v) is 8.68. The van der Waals surface area contributed by atoms with E-state index in [1.807, 2.05) is 0 Å². The zero-order chi connectivity index (χ0) is 23.5. The number of β-lactam (4-membered cyclic amide) rings is 1. The molecule has 2 aliphatic rings. The van der Waals surface area contributed by atoms with Gasteiger partial charge in [-0.25, -0.2) is 9.78 Å². The standard InChI is InChI=1S/C16H16N8O5S4.Na.H/c1-29-22-9(6-3-31-16(17)19-6)12(25)20-10-13(26)24-11(15(27)28)7(4-30-14(10)24)32-5-33-8-2-18-23-21-8;;/h2-3,10,14H,4-5H2,1H3,(H2,17,19)(H,20,25)(H,27,28)(H,18,21,23);;/q;+1;-1/b22-9-;;/t10-,14-;;/m1../s1. The van der Waals surface area contributed by atoms with Crippen LogP contribution in [0, 0.1) is 0 Å². The Morgan fingerprint density at radius 1 is 1.50 bits per heavy atom. The van der Waals surface area contributed by atoms with E-state index in [0.29, 0.717) is 20.8 Å². The van der Waals surface area contributed by atoms with Crippen molar-refractivity contribution in [2.24, 2.45) is 5.16 Å². The Hall–Kier alpha value is -1.76. The molecule has 4 heterocycles. The van der Waals surface area contributed by atoms with Crippen molar-refractivity contribution in [1.82, 2.24) is 30.6 Å². The van der Waals surface area contributed by atoms with E-state index < -0.39 is 29.2 Å². The van der Waals surface area contributed by atoms with E-state index in [1.165, 1.54) is 47.3 Å². The number of thioether (sulfide) groups is 3. The summed E-state index contributed by atoms with van der Waals surface area (Å²) in [5.74, 6) is -2.01. The van der Waals surface area contributed by atoms with Crippen molar-refractivity contribution < 1.29 is 55.3 Å². The minimum atomic E-state index is -1.20. The molecule has 18 heteroatoms. The molecule has 4 rings (SSSR count). The molecule has 2 amide bonds. The number of rotatable bonds is 9. The molecule has 5 N–H and O–H groups in total. The second-order valence-electron chi connectivity index (χ2n) is 6.35. The fraction of sp³-hybridized carbons (Fsp3) is 0.312. The van der Waals surface area contributed by atoms with Gasteiger partial charge in [-0.1, -0.05) is 16.9 Å². The number of aromatic nitrogens is 4. The van der Waals surface area contributed by atoms with Gasteiger partial charge in [0.1, 0.15) is 34.9 Å². The summed E-state index contributed by atoms with van der Waals surface area (Å²) in [6.45, 7) is 0. The summed E-state index contributed by atoms with van der Waals surface area (Å²) >= 11 is 5.22. The number of carboxylic acid groups (broad SMARTS) is 1. The summed E-state index contributed by atoms with van der Waals surface area (Å²) in [6.07, 6.45) is 1.57. The monoisotopic (exact) mass is 552 g/mol. The zero-order valence-electron chi connectivity index (χ0n) is 18.8. The maximum atomic E-state index is 12.8. The molecule has 0 saturated carbocycles. The Bertz CT molecular complexity index is 1150. The van der Waals surface area contributed by atoms with Crippen molar-refractivity contribution in [3.05, 3.63) is 27.9 Å². The van der Waals surface area contributed by atoms with Crippen molar-refractivity contribution >= 4 is 75.2 Å². The van der Waals surface area contributed by atoms with Gasteiger partial charge in [-0.05, 0) is 0 Å². The molecule has 0 aromatic carbocycles. The number of amides is 2. The van der Waals surface area contributed by atoms with Crippen LogP contribution in [-0.2, 0) is 19.2 Å². The van der Waals surface area contributed by atoms with E-state index in [9.17, 15) is 19.5 Å². The molecule has 0 bridgehead atoms. The Balaban J connectivity index is 0.00000216. The predicted molar refractivity (Wildman–Crippen MR) is 126 cm³/mol. The zero-order valence-corrected chi connectivity index (χ0v) is 23.0. The van der Waals surface area contributed by atoms with E-state index >= 15 is 0 Å². The summed E-state index contributed by atoms with van der Waals surface area (Å²) in [5.41, 5.74) is 5.63. The molecule has 0 radical (unpaired) electrons. The molecule has 34 heavy (non-hydrogen) atoms. The molecular formula is C16H17N8NaO5S4. The fourth-order valence-corrected chi connectivity index (χ4v) is 7.15. The smallest absolute Gasteiger partial charge is 1.00 e. The van der Waals surface area contributed by atoms with Crippen LogP contribution in [0.4, 0.5) is 5.13 Å². The number of fused-ring (bicyclic) bond motifs is 1. The average Bonchev–Trinajstić information content (AvgIpc) is 3.46. The minimum absolute atomic E-state index is 0. The molecule has 0 aliphatic carbocycles. The first kappa shape index (κ1) is 26.8. The van der Waals surface area contributed by atoms with Crippen molar-refractivity contribution in [1.29, 1.82) is 0 Å². The number of hydrogen-bond acceptors (Lipinski definition) is 13. The number of H-pyrrole nitrogens is 1. The number of nitrogens with one attached hydrogen (secondary N) is 2. The van der Waals surface area contributed by atoms with Crippen LogP contribution in [0.15, 0.2) is 32.4 Å². The van der Waals surface area contributed by atoms with Crippen LogP contribution in [-0.4, -0.2) is 83.3 Å². The molecule has 1 fully saturated rings. The number of carbonyl (C=O) groups is 3. The third kappa shape index (κ3) is 5.55. The first-order chi connectivity index (χ1) is 15.9. The Kier molecular flexibility index (Phi) is 9.30. The number of aromatic amines is 1. The third-order valence-electron chi connectivity index (χ3n) is 4.42. The molecular weight excluding hydrogens is 535 g/mol. The SMILES string of the molecule is CO/N=C(\C(=O)N[C@@H]1C(=O)N2C(C(=O)O)=C(SCSc3cn[nH]n3)CS[C@H]12)c1csc(N)n1.[H-].[Na+]. The van der Waals surface area contributed by atoms with Gasteiger partial charge in [0, 0.05) is 16.0 Å². The molecule has 0 unspecified atom stereocenters. The number of hydrogen-bond donors (Lipinski definition) is 4. The van der Waals surface area contributed by atoms with Gasteiger partial charge in [-0.3, -0.25) is 14.5 Å². The van der Waals surface area contributed by atoms with Crippen molar-refractivity contribution in [2.75, 3.05) is 23.7 Å². The first-order valence-electron chi connectivity index (χ1n) is 9.06. The summed E-state index contributed by atoms with van der Waals surface area (Å²) in [6, 6.07) is -0.911. The van der Waals surface area contributed by atoms with Gasteiger partial charge in [-0.15, -0.1) is 40.0 Å². The van der Waals surface area contributed by atoms with Crippen LogP contribution < -0.4 is 40.6 Å². The van der Waals surface area contributed by atoms with Gasteiger partial charge in [0.15, 0.2) is 10.8 Å². The maximum absolute atomic E-state index is 12.8. The van der Waals surface area contributed by atoms with E-state index in [2.05, 4.69) is 30.9 Å². The van der Waals surface area contributed by atoms with Crippen molar-refractivity contribution in [2.45, 2.75) is 16.4 Å². The fourth-order valence-electron chi connectivity index (χ4n) is 3.02. The van der Waals surface area contributed by atoms with Crippen LogP contribution in [0.25, 0.3) is 0 Å². The number of aliphatic carboxylic acids is 1. The quantitative estimate of drug-likeness (QED) is 0.0640. The summed E-state index contributed by atoms with van der Waals surface area (Å²) in [5, 5.41) is 28.6. The second-order valence-corrected chi connectivity index (χ2v) is 10.8. The first-order valence-corrected chi connectivity index (χ1v) is 13.0.